The van der Waals surface area contributed by atoms with Crippen LogP contribution in [0.4, 0.5) is 0 Å². The smallest absolute Gasteiger partial charge is 0.344 e. The molecular formula is C23H21NO4. The Bertz CT molecular complexity index is 1010. The number of hydrogen-bond acceptors (Lipinski definition) is 4. The number of hydrogen-bond donors (Lipinski definition) is 0. The number of carbonyl (C=O) groups excluding carboxylic acids is 2. The quantitative estimate of drug-likeness (QED) is 0.642. The lowest BCUT2D eigenvalue weighted by Crippen LogP contribution is -2.38. The molecule has 1 aliphatic rings. The first-order valence-corrected chi connectivity index (χ1v) is 9.31. The fraction of sp³-hybridized carbons (Fsp3) is 0.217. The molecule has 142 valence electrons. The van der Waals surface area contributed by atoms with Crippen molar-refractivity contribution in [2.45, 2.75) is 13.0 Å². The summed E-state index contributed by atoms with van der Waals surface area (Å²) in [6.07, 6.45) is 0.820. The molecule has 4 rings (SSSR count). The molecule has 3 aromatic rings. The molecule has 0 unspecified atom stereocenters. The molecular weight excluding hydrogens is 354 g/mol. The summed E-state index contributed by atoms with van der Waals surface area (Å²) in [5, 5.41) is 2.14. The maximum Gasteiger partial charge on any atom is 0.344 e. The van der Waals surface area contributed by atoms with E-state index >= 15 is 0 Å². The van der Waals surface area contributed by atoms with Crippen LogP contribution in [-0.2, 0) is 27.3 Å². The van der Waals surface area contributed by atoms with E-state index in [1.807, 2.05) is 60.7 Å². The first kappa shape index (κ1) is 18.0. The standard InChI is InChI=1S/C23H21NO4/c25-22(24-12-11-18-6-2-4-8-20(18)14-24)15-28-23(26)16-27-21-10-9-17-5-1-3-7-19(17)13-21/h1-10,13H,11-12,14-16H2. The largest absolute Gasteiger partial charge is 0.482 e. The first-order chi connectivity index (χ1) is 13.7. The van der Waals surface area contributed by atoms with Crippen molar-refractivity contribution in [3.05, 3.63) is 77.9 Å². The lowest BCUT2D eigenvalue weighted by atomic mass is 10.00. The zero-order valence-corrected chi connectivity index (χ0v) is 15.5. The van der Waals surface area contributed by atoms with Gasteiger partial charge in [0.25, 0.3) is 5.91 Å². The Labute approximate surface area is 163 Å². The summed E-state index contributed by atoms with van der Waals surface area (Å²) in [5.41, 5.74) is 2.42. The van der Waals surface area contributed by atoms with Gasteiger partial charge in [-0.2, -0.15) is 0 Å². The summed E-state index contributed by atoms with van der Waals surface area (Å²) in [4.78, 5) is 26.0. The van der Waals surface area contributed by atoms with Gasteiger partial charge in [0.15, 0.2) is 13.2 Å². The monoisotopic (exact) mass is 375 g/mol. The van der Waals surface area contributed by atoms with Crippen molar-refractivity contribution in [3.8, 4) is 5.75 Å². The highest BCUT2D eigenvalue weighted by atomic mass is 16.6. The van der Waals surface area contributed by atoms with Gasteiger partial charge in [-0.1, -0.05) is 54.6 Å². The van der Waals surface area contributed by atoms with Gasteiger partial charge in [0.1, 0.15) is 5.75 Å². The Hall–Kier alpha value is -3.34. The fourth-order valence-electron chi connectivity index (χ4n) is 3.38. The second-order valence-corrected chi connectivity index (χ2v) is 6.79. The predicted octanol–water partition coefficient (Wildman–Crippen LogP) is 3.35. The van der Waals surface area contributed by atoms with E-state index < -0.39 is 5.97 Å². The lowest BCUT2D eigenvalue weighted by Gasteiger charge is -2.28. The van der Waals surface area contributed by atoms with Gasteiger partial charge in [0, 0.05) is 13.1 Å². The van der Waals surface area contributed by atoms with E-state index in [9.17, 15) is 9.59 Å². The minimum absolute atomic E-state index is 0.187. The highest BCUT2D eigenvalue weighted by Gasteiger charge is 2.21. The van der Waals surface area contributed by atoms with Gasteiger partial charge in [-0.05, 0) is 40.5 Å². The minimum Gasteiger partial charge on any atom is -0.482 e. The van der Waals surface area contributed by atoms with E-state index in [2.05, 4.69) is 6.07 Å². The van der Waals surface area contributed by atoms with Crippen molar-refractivity contribution in [3.63, 3.8) is 0 Å². The van der Waals surface area contributed by atoms with Crippen LogP contribution in [0, 0.1) is 0 Å². The third kappa shape index (κ3) is 4.14. The molecule has 1 amide bonds. The van der Waals surface area contributed by atoms with E-state index in [1.54, 1.807) is 4.90 Å². The first-order valence-electron chi connectivity index (χ1n) is 9.31. The number of nitrogens with zero attached hydrogens (tertiary/aromatic N) is 1. The van der Waals surface area contributed by atoms with Gasteiger partial charge in [0.05, 0.1) is 0 Å². The average Bonchev–Trinajstić information content (AvgIpc) is 2.75. The molecule has 5 nitrogen and oxygen atoms in total. The Kier molecular flexibility index (Phi) is 5.24. The van der Waals surface area contributed by atoms with E-state index in [0.29, 0.717) is 18.8 Å². The lowest BCUT2D eigenvalue weighted by molar-refractivity contribution is -0.154. The molecule has 0 saturated heterocycles. The zero-order chi connectivity index (χ0) is 19.3. The number of amides is 1. The third-order valence-corrected chi connectivity index (χ3v) is 4.92. The summed E-state index contributed by atoms with van der Waals surface area (Å²) in [6, 6.07) is 21.6. The molecule has 3 aromatic carbocycles. The van der Waals surface area contributed by atoms with Crippen LogP contribution in [0.3, 0.4) is 0 Å². The molecule has 0 atom stereocenters. The van der Waals surface area contributed by atoms with Crippen LogP contribution in [0.2, 0.25) is 0 Å². The average molecular weight is 375 g/mol. The van der Waals surface area contributed by atoms with Crippen molar-refractivity contribution >= 4 is 22.6 Å². The molecule has 5 heteroatoms. The van der Waals surface area contributed by atoms with E-state index in [4.69, 9.17) is 9.47 Å². The number of carbonyl (C=O) groups is 2. The number of benzene rings is 3. The number of esters is 1. The van der Waals surface area contributed by atoms with Gasteiger partial charge >= 0.3 is 5.97 Å². The Morgan fingerprint density at radius 1 is 0.857 bits per heavy atom. The molecule has 0 bridgehead atoms. The Morgan fingerprint density at radius 2 is 1.61 bits per heavy atom. The number of ether oxygens (including phenoxy) is 2. The van der Waals surface area contributed by atoms with Crippen LogP contribution in [-0.4, -0.2) is 36.5 Å². The van der Waals surface area contributed by atoms with Crippen molar-refractivity contribution in [1.82, 2.24) is 4.90 Å². The molecule has 0 spiro atoms. The molecule has 0 fully saturated rings. The minimum atomic E-state index is -0.557. The normalized spacial score (nSPS) is 13.1. The summed E-state index contributed by atoms with van der Waals surface area (Å²) < 4.78 is 10.6. The molecule has 0 aromatic heterocycles. The number of fused-ring (bicyclic) bond motifs is 2. The van der Waals surface area contributed by atoms with Crippen LogP contribution in [0.5, 0.6) is 5.75 Å². The van der Waals surface area contributed by atoms with Gasteiger partial charge in [-0.25, -0.2) is 4.79 Å². The fourth-order valence-corrected chi connectivity index (χ4v) is 3.38. The van der Waals surface area contributed by atoms with E-state index in [-0.39, 0.29) is 19.1 Å². The topological polar surface area (TPSA) is 55.8 Å². The highest BCUT2D eigenvalue weighted by molar-refractivity contribution is 5.84. The van der Waals surface area contributed by atoms with Gasteiger partial charge < -0.3 is 14.4 Å². The summed E-state index contributed by atoms with van der Waals surface area (Å²) in [5.74, 6) is -0.151. The maximum absolute atomic E-state index is 12.3. The van der Waals surface area contributed by atoms with Gasteiger partial charge in [-0.15, -0.1) is 0 Å². The van der Waals surface area contributed by atoms with Crippen LogP contribution >= 0.6 is 0 Å². The highest BCUT2D eigenvalue weighted by Crippen LogP contribution is 2.21. The maximum atomic E-state index is 12.3. The second-order valence-electron chi connectivity index (χ2n) is 6.79. The molecule has 0 N–H and O–H groups in total. The SMILES string of the molecule is O=C(COc1ccc2ccccc2c1)OCC(=O)N1CCc2ccccc2C1. The summed E-state index contributed by atoms with van der Waals surface area (Å²) in [7, 11) is 0. The van der Waals surface area contributed by atoms with Gasteiger partial charge in [-0.3, -0.25) is 4.79 Å². The van der Waals surface area contributed by atoms with Crippen molar-refractivity contribution < 1.29 is 19.1 Å². The van der Waals surface area contributed by atoms with E-state index in [0.717, 1.165) is 22.8 Å². The van der Waals surface area contributed by atoms with E-state index in [1.165, 1.54) is 5.56 Å². The third-order valence-electron chi connectivity index (χ3n) is 4.92. The zero-order valence-electron chi connectivity index (χ0n) is 15.5. The van der Waals surface area contributed by atoms with Gasteiger partial charge in [0.2, 0.25) is 0 Å². The summed E-state index contributed by atoms with van der Waals surface area (Å²) in [6.45, 7) is 0.706. The molecule has 1 heterocycles. The number of rotatable bonds is 5. The summed E-state index contributed by atoms with van der Waals surface area (Å²) >= 11 is 0. The van der Waals surface area contributed by atoms with Crippen LogP contribution in [0.25, 0.3) is 10.8 Å². The second kappa shape index (κ2) is 8.13. The molecule has 0 aliphatic carbocycles. The Morgan fingerprint density at radius 3 is 2.46 bits per heavy atom. The van der Waals surface area contributed by atoms with Crippen molar-refractivity contribution in [2.24, 2.45) is 0 Å². The predicted molar refractivity (Wildman–Crippen MR) is 106 cm³/mol. The molecule has 1 aliphatic heterocycles. The van der Waals surface area contributed by atoms with Crippen LogP contribution < -0.4 is 4.74 Å². The van der Waals surface area contributed by atoms with Crippen LogP contribution in [0.1, 0.15) is 11.1 Å². The molecule has 0 saturated carbocycles. The molecule has 28 heavy (non-hydrogen) atoms. The Balaban J connectivity index is 1.25. The van der Waals surface area contributed by atoms with Crippen LogP contribution in [0.15, 0.2) is 66.7 Å². The van der Waals surface area contributed by atoms with Crippen molar-refractivity contribution in [1.29, 1.82) is 0 Å². The molecule has 0 radical (unpaired) electrons. The van der Waals surface area contributed by atoms with Crippen molar-refractivity contribution in [2.75, 3.05) is 19.8 Å².